The van der Waals surface area contributed by atoms with Gasteiger partial charge < -0.3 is 15.1 Å². The van der Waals surface area contributed by atoms with Crippen molar-refractivity contribution in [3.8, 4) is 0 Å². The lowest BCUT2D eigenvalue weighted by Crippen LogP contribution is -2.48. The van der Waals surface area contributed by atoms with E-state index in [1.54, 1.807) is 11.8 Å². The molecule has 1 aliphatic heterocycles. The number of nitrogens with two attached hydrogens (primary N) is 1. The third-order valence-corrected chi connectivity index (χ3v) is 5.08. The van der Waals surface area contributed by atoms with Crippen molar-refractivity contribution in [3.05, 3.63) is 69.3 Å². The van der Waals surface area contributed by atoms with Crippen LogP contribution in [0.15, 0.2) is 45.6 Å². The first-order valence-corrected chi connectivity index (χ1v) is 9.28. The highest BCUT2D eigenvalue weighted by atomic mass is 35.5. The second kappa shape index (κ2) is 9.72. The summed E-state index contributed by atoms with van der Waals surface area (Å²) in [5.74, 6) is 0.364. The van der Waals surface area contributed by atoms with E-state index in [0.717, 1.165) is 25.7 Å². The molecule has 5 nitrogen and oxygen atoms in total. The lowest BCUT2D eigenvalue weighted by Gasteiger charge is -2.35. The summed E-state index contributed by atoms with van der Waals surface area (Å²) < 4.78 is 5.46. The second-order valence-electron chi connectivity index (χ2n) is 6.93. The van der Waals surface area contributed by atoms with Gasteiger partial charge in [-0.1, -0.05) is 30.3 Å². The third-order valence-electron chi connectivity index (χ3n) is 5.08. The summed E-state index contributed by atoms with van der Waals surface area (Å²) >= 11 is 0. The maximum absolute atomic E-state index is 12.9. The highest BCUT2D eigenvalue weighted by Gasteiger charge is 2.29. The van der Waals surface area contributed by atoms with Crippen LogP contribution in [-0.4, -0.2) is 29.9 Å². The summed E-state index contributed by atoms with van der Waals surface area (Å²) in [6.07, 6.45) is 4.32. The molecular formula is C21H27ClN2O3. The predicted molar refractivity (Wildman–Crippen MR) is 109 cm³/mol. The molecule has 1 atom stereocenters. The number of carbonyl (C=O) groups is 1. The fraction of sp³-hybridized carbons (Fsp3) is 0.429. The van der Waals surface area contributed by atoms with E-state index >= 15 is 0 Å². The first-order chi connectivity index (χ1) is 12.6. The molecule has 1 aliphatic rings. The fourth-order valence-electron chi connectivity index (χ4n) is 3.62. The fourth-order valence-corrected chi connectivity index (χ4v) is 3.62. The van der Waals surface area contributed by atoms with Crippen LogP contribution in [0.25, 0.3) is 0 Å². The largest absolute Gasteiger partial charge is 0.427 e. The number of amides is 1. The number of nitrogens with zero attached hydrogens (tertiary/aromatic N) is 1. The summed E-state index contributed by atoms with van der Waals surface area (Å²) in [6.45, 7) is 2.87. The highest BCUT2D eigenvalue weighted by molar-refractivity contribution is 5.95. The molecule has 1 aromatic carbocycles. The molecule has 0 radical (unpaired) electrons. The lowest BCUT2D eigenvalue weighted by molar-refractivity contribution is 0.0617. The molecule has 1 amide bonds. The Morgan fingerprint density at radius 2 is 1.96 bits per heavy atom. The van der Waals surface area contributed by atoms with Crippen molar-refractivity contribution in [1.82, 2.24) is 4.90 Å². The van der Waals surface area contributed by atoms with Gasteiger partial charge in [-0.2, -0.15) is 0 Å². The molecular weight excluding hydrogens is 364 g/mol. The van der Waals surface area contributed by atoms with Gasteiger partial charge in [0.25, 0.3) is 5.91 Å². The number of hydrogen-bond donors (Lipinski definition) is 1. The van der Waals surface area contributed by atoms with E-state index in [4.69, 9.17) is 10.2 Å². The topological polar surface area (TPSA) is 76.5 Å². The summed E-state index contributed by atoms with van der Waals surface area (Å²) in [7, 11) is 0. The number of aryl methyl sites for hydroxylation is 3. The zero-order valence-electron chi connectivity index (χ0n) is 15.6. The van der Waals surface area contributed by atoms with Crippen molar-refractivity contribution in [1.29, 1.82) is 0 Å². The molecule has 1 unspecified atom stereocenters. The second-order valence-corrected chi connectivity index (χ2v) is 6.93. The van der Waals surface area contributed by atoms with Crippen LogP contribution in [-0.2, 0) is 12.8 Å². The Morgan fingerprint density at radius 1 is 1.22 bits per heavy atom. The summed E-state index contributed by atoms with van der Waals surface area (Å²) in [5.41, 5.74) is 7.28. The molecule has 2 aromatic rings. The Kier molecular flexibility index (Phi) is 7.63. The Morgan fingerprint density at radius 3 is 2.63 bits per heavy atom. The van der Waals surface area contributed by atoms with Crippen LogP contribution in [0.5, 0.6) is 0 Å². The van der Waals surface area contributed by atoms with E-state index in [1.807, 2.05) is 36.4 Å². The summed E-state index contributed by atoms with van der Waals surface area (Å²) in [5, 5.41) is 0. The number of benzene rings is 1. The molecule has 1 aromatic heterocycles. The molecule has 146 valence electrons. The molecule has 27 heavy (non-hydrogen) atoms. The van der Waals surface area contributed by atoms with E-state index in [0.29, 0.717) is 30.8 Å². The Labute approximate surface area is 166 Å². The van der Waals surface area contributed by atoms with Crippen LogP contribution >= 0.6 is 12.4 Å². The van der Waals surface area contributed by atoms with Crippen LogP contribution in [0.3, 0.4) is 0 Å². The maximum Gasteiger partial charge on any atom is 0.349 e. The van der Waals surface area contributed by atoms with Crippen molar-refractivity contribution in [3.63, 3.8) is 0 Å². The Bertz CT molecular complexity index is 820. The van der Waals surface area contributed by atoms with Crippen LogP contribution in [0.1, 0.15) is 46.5 Å². The van der Waals surface area contributed by atoms with Crippen molar-refractivity contribution >= 4 is 18.3 Å². The van der Waals surface area contributed by atoms with Crippen molar-refractivity contribution < 1.29 is 9.21 Å². The predicted octanol–water partition coefficient (Wildman–Crippen LogP) is 3.11. The smallest absolute Gasteiger partial charge is 0.349 e. The minimum absolute atomic E-state index is 0. The number of likely N-dealkylation sites (tertiary alicyclic amines) is 1. The van der Waals surface area contributed by atoms with Crippen molar-refractivity contribution in [2.45, 2.75) is 45.1 Å². The van der Waals surface area contributed by atoms with Gasteiger partial charge in [0.05, 0.1) is 0 Å². The number of carbonyl (C=O) groups excluding carboxylic acids is 1. The molecule has 0 aliphatic carbocycles. The summed E-state index contributed by atoms with van der Waals surface area (Å²) in [4.78, 5) is 27.2. The number of piperidine rings is 1. The molecule has 0 bridgehead atoms. The normalized spacial score (nSPS) is 16.7. The Balaban J connectivity index is 0.00000261. The van der Waals surface area contributed by atoms with E-state index in [1.165, 1.54) is 5.56 Å². The minimum atomic E-state index is -0.542. The lowest BCUT2D eigenvalue weighted by atomic mass is 10.00. The quantitative estimate of drug-likeness (QED) is 0.850. The molecule has 3 rings (SSSR count). The van der Waals surface area contributed by atoms with E-state index in [-0.39, 0.29) is 29.9 Å². The maximum atomic E-state index is 12.9. The monoisotopic (exact) mass is 390 g/mol. The first-order valence-electron chi connectivity index (χ1n) is 9.28. The minimum Gasteiger partial charge on any atom is -0.427 e. The summed E-state index contributed by atoms with van der Waals surface area (Å²) in [6, 6.07) is 11.9. The molecule has 2 N–H and O–H groups in total. The van der Waals surface area contributed by atoms with E-state index in [9.17, 15) is 9.59 Å². The average Bonchev–Trinajstić information content (AvgIpc) is 2.66. The molecule has 1 saturated heterocycles. The van der Waals surface area contributed by atoms with E-state index in [2.05, 4.69) is 0 Å². The van der Waals surface area contributed by atoms with Crippen molar-refractivity contribution in [2.75, 3.05) is 13.1 Å². The van der Waals surface area contributed by atoms with Crippen LogP contribution < -0.4 is 11.4 Å². The zero-order valence-corrected chi connectivity index (χ0v) is 16.5. The Hall–Kier alpha value is -2.11. The number of halogens is 1. The van der Waals surface area contributed by atoms with Crippen LogP contribution in [0.2, 0.25) is 0 Å². The van der Waals surface area contributed by atoms with Crippen LogP contribution in [0, 0.1) is 6.92 Å². The molecule has 1 fully saturated rings. The van der Waals surface area contributed by atoms with Gasteiger partial charge in [0.2, 0.25) is 0 Å². The molecule has 0 saturated carbocycles. The SMILES string of the molecule is Cc1cc(CCc2ccccc2)oc(=O)c1C(=O)N1CCCCC1CN.Cl. The van der Waals surface area contributed by atoms with Gasteiger partial charge in [-0.15, -0.1) is 12.4 Å². The highest BCUT2D eigenvalue weighted by Crippen LogP contribution is 2.20. The van der Waals surface area contributed by atoms with Gasteiger partial charge in [0.15, 0.2) is 0 Å². The average molecular weight is 391 g/mol. The molecule has 0 spiro atoms. The van der Waals surface area contributed by atoms with E-state index < -0.39 is 5.63 Å². The zero-order chi connectivity index (χ0) is 18.5. The molecule has 2 heterocycles. The third kappa shape index (κ3) is 4.99. The van der Waals surface area contributed by atoms with Crippen molar-refractivity contribution in [2.24, 2.45) is 5.73 Å². The van der Waals surface area contributed by atoms with Crippen LogP contribution in [0.4, 0.5) is 0 Å². The number of rotatable bonds is 5. The van der Waals surface area contributed by atoms with Gasteiger partial charge in [0, 0.05) is 25.6 Å². The van der Waals surface area contributed by atoms with Gasteiger partial charge in [-0.25, -0.2) is 4.79 Å². The number of hydrogen-bond acceptors (Lipinski definition) is 4. The first kappa shape index (κ1) is 21.2. The molecule has 6 heteroatoms. The standard InChI is InChI=1S/C21H26N2O3.ClH/c1-15-13-18(11-10-16-7-3-2-4-8-16)26-21(25)19(15)20(24)23-12-6-5-9-17(23)14-22;/h2-4,7-8,13,17H,5-6,9-12,14,22H2,1H3;1H. The van der Waals surface area contributed by atoms with Gasteiger partial charge >= 0.3 is 5.63 Å². The van der Waals surface area contributed by atoms with Gasteiger partial charge in [-0.3, -0.25) is 4.79 Å². The van der Waals surface area contributed by atoms with Gasteiger partial charge in [-0.05, 0) is 49.8 Å². The van der Waals surface area contributed by atoms with Gasteiger partial charge in [0.1, 0.15) is 11.3 Å².